The maximum atomic E-state index is 12.6. The van der Waals surface area contributed by atoms with Gasteiger partial charge in [-0.1, -0.05) is 0 Å². The molecule has 0 radical (unpaired) electrons. The smallest absolute Gasteiger partial charge is 0.249 e. The summed E-state index contributed by atoms with van der Waals surface area (Å²) in [5, 5.41) is 3.31. The fourth-order valence-electron chi connectivity index (χ4n) is 4.01. The zero-order chi connectivity index (χ0) is 22.1. The topological polar surface area (TPSA) is 70.6 Å². The van der Waals surface area contributed by atoms with Crippen LogP contribution in [-0.4, -0.2) is 42.1 Å². The van der Waals surface area contributed by atoms with Gasteiger partial charge >= 0.3 is 0 Å². The molecule has 0 fully saturated rings. The number of likely N-dealkylation sites (N-methyl/N-ethyl adjacent to an activating group) is 1. The Hall–Kier alpha value is -3.61. The van der Waals surface area contributed by atoms with E-state index >= 15 is 0 Å². The van der Waals surface area contributed by atoms with Crippen LogP contribution >= 0.6 is 0 Å². The van der Waals surface area contributed by atoms with Gasteiger partial charge in [-0.05, 0) is 69.3 Å². The van der Waals surface area contributed by atoms with Crippen LogP contribution in [-0.2, 0) is 4.79 Å². The maximum Gasteiger partial charge on any atom is 0.249 e. The minimum Gasteiger partial charge on any atom is -0.497 e. The van der Waals surface area contributed by atoms with E-state index in [1.807, 2.05) is 56.4 Å². The molecule has 2 aromatic carbocycles. The van der Waals surface area contributed by atoms with Gasteiger partial charge in [0.15, 0.2) is 0 Å². The molecule has 0 saturated carbocycles. The molecule has 7 heteroatoms. The highest BCUT2D eigenvalue weighted by molar-refractivity contribution is 6.05. The van der Waals surface area contributed by atoms with Crippen molar-refractivity contribution in [2.75, 3.05) is 29.3 Å². The molecule has 0 aliphatic carbocycles. The van der Waals surface area contributed by atoms with Crippen molar-refractivity contribution in [3.05, 3.63) is 54.7 Å². The molecule has 0 bridgehead atoms. The van der Waals surface area contributed by atoms with Gasteiger partial charge in [-0.3, -0.25) is 4.79 Å². The lowest BCUT2D eigenvalue weighted by Crippen LogP contribution is -2.53. The third-order valence-electron chi connectivity index (χ3n) is 5.57. The molecule has 0 spiro atoms. The first kappa shape index (κ1) is 20.7. The molecule has 160 valence electrons. The number of hydrogen-bond acceptors (Lipinski definition) is 6. The van der Waals surface area contributed by atoms with Crippen molar-refractivity contribution in [1.82, 2.24) is 9.97 Å². The molecule has 0 saturated heterocycles. The van der Waals surface area contributed by atoms with Crippen molar-refractivity contribution >= 4 is 28.9 Å². The normalized spacial score (nSPS) is 15.8. The largest absolute Gasteiger partial charge is 0.497 e. The van der Waals surface area contributed by atoms with Gasteiger partial charge in [0, 0.05) is 30.5 Å². The second-order valence-corrected chi connectivity index (χ2v) is 7.90. The summed E-state index contributed by atoms with van der Waals surface area (Å²) >= 11 is 0. The molecule has 1 N–H and O–H groups in total. The van der Waals surface area contributed by atoms with E-state index < -0.39 is 0 Å². The monoisotopic (exact) mass is 417 g/mol. The summed E-state index contributed by atoms with van der Waals surface area (Å²) in [5.41, 5.74) is 4.58. The van der Waals surface area contributed by atoms with E-state index in [0.29, 0.717) is 5.95 Å². The first-order valence-electron chi connectivity index (χ1n) is 10.3. The zero-order valence-corrected chi connectivity index (χ0v) is 18.5. The first-order chi connectivity index (χ1) is 14.9. The van der Waals surface area contributed by atoms with Crippen LogP contribution < -0.4 is 19.9 Å². The fourth-order valence-corrected chi connectivity index (χ4v) is 4.01. The molecule has 1 aliphatic rings. The molecule has 2 heterocycles. The number of fused-ring (bicyclic) bond motifs is 1. The van der Waals surface area contributed by atoms with E-state index in [4.69, 9.17) is 4.74 Å². The van der Waals surface area contributed by atoms with Crippen LogP contribution in [0.2, 0.25) is 0 Å². The minimum atomic E-state index is -0.220. The Kier molecular flexibility index (Phi) is 5.50. The Morgan fingerprint density at radius 2 is 1.81 bits per heavy atom. The van der Waals surface area contributed by atoms with Crippen LogP contribution in [0.4, 0.5) is 23.0 Å². The summed E-state index contributed by atoms with van der Waals surface area (Å²) in [6.07, 6.45) is 1.74. The molecule has 1 atom stereocenters. The van der Waals surface area contributed by atoms with Crippen LogP contribution in [0.5, 0.6) is 5.75 Å². The number of ether oxygens (including phenoxy) is 1. The predicted molar refractivity (Wildman–Crippen MR) is 124 cm³/mol. The Bertz CT molecular complexity index is 1100. The van der Waals surface area contributed by atoms with Crippen LogP contribution in [0.1, 0.15) is 20.8 Å². The van der Waals surface area contributed by atoms with Gasteiger partial charge in [0.1, 0.15) is 11.8 Å². The number of anilines is 4. The van der Waals surface area contributed by atoms with Crippen LogP contribution in [0.15, 0.2) is 54.7 Å². The second kappa shape index (κ2) is 8.26. The Morgan fingerprint density at radius 3 is 2.48 bits per heavy atom. The molecule has 31 heavy (non-hydrogen) atoms. The van der Waals surface area contributed by atoms with Crippen LogP contribution in [0, 0.1) is 0 Å². The van der Waals surface area contributed by atoms with Gasteiger partial charge < -0.3 is 19.9 Å². The zero-order valence-electron chi connectivity index (χ0n) is 18.5. The summed E-state index contributed by atoms with van der Waals surface area (Å²) < 4.78 is 5.23. The van der Waals surface area contributed by atoms with E-state index in [1.54, 1.807) is 18.2 Å². The van der Waals surface area contributed by atoms with Gasteiger partial charge in [-0.25, -0.2) is 9.97 Å². The highest BCUT2D eigenvalue weighted by Gasteiger charge is 2.34. The SMILES string of the molecule is COc1ccc(-c2ccnc(Nc3ccc4c(c3)N(C(C)C)C(C)C(=O)N4C)n2)cc1. The van der Waals surface area contributed by atoms with E-state index in [2.05, 4.69) is 40.1 Å². The third-order valence-corrected chi connectivity index (χ3v) is 5.57. The Labute approximate surface area is 182 Å². The maximum absolute atomic E-state index is 12.6. The number of carbonyl (C=O) groups is 1. The lowest BCUT2D eigenvalue weighted by Gasteiger charge is -2.42. The molecule has 1 unspecified atom stereocenters. The molecular weight excluding hydrogens is 390 g/mol. The number of carbonyl (C=O) groups excluding carboxylic acids is 1. The molecular formula is C24H27N5O2. The number of nitrogens with zero attached hydrogens (tertiary/aromatic N) is 4. The second-order valence-electron chi connectivity index (χ2n) is 7.90. The number of benzene rings is 2. The summed E-state index contributed by atoms with van der Waals surface area (Å²) in [6, 6.07) is 15.6. The van der Waals surface area contributed by atoms with Crippen molar-refractivity contribution in [1.29, 1.82) is 0 Å². The average Bonchev–Trinajstić information content (AvgIpc) is 2.77. The number of nitrogens with one attached hydrogen (secondary N) is 1. The molecule has 4 rings (SSSR count). The predicted octanol–water partition coefficient (Wildman–Crippen LogP) is 4.48. The van der Waals surface area contributed by atoms with Gasteiger partial charge in [0.05, 0.1) is 24.2 Å². The lowest BCUT2D eigenvalue weighted by atomic mass is 10.0. The van der Waals surface area contributed by atoms with E-state index in [9.17, 15) is 4.79 Å². The van der Waals surface area contributed by atoms with Gasteiger partial charge in [0.25, 0.3) is 0 Å². The van der Waals surface area contributed by atoms with Crippen LogP contribution in [0.25, 0.3) is 11.3 Å². The summed E-state index contributed by atoms with van der Waals surface area (Å²) in [7, 11) is 3.47. The third kappa shape index (κ3) is 3.91. The quantitative estimate of drug-likeness (QED) is 0.660. The van der Waals surface area contributed by atoms with Crippen molar-refractivity contribution in [3.63, 3.8) is 0 Å². The van der Waals surface area contributed by atoms with Crippen molar-refractivity contribution < 1.29 is 9.53 Å². The molecule has 7 nitrogen and oxygen atoms in total. The van der Waals surface area contributed by atoms with Crippen molar-refractivity contribution in [3.8, 4) is 17.0 Å². The number of hydrogen-bond donors (Lipinski definition) is 1. The Morgan fingerprint density at radius 1 is 1.06 bits per heavy atom. The number of amides is 1. The first-order valence-corrected chi connectivity index (χ1v) is 10.3. The van der Waals surface area contributed by atoms with E-state index in [0.717, 1.165) is 34.1 Å². The summed E-state index contributed by atoms with van der Waals surface area (Å²) in [5.74, 6) is 1.41. The van der Waals surface area contributed by atoms with E-state index in [1.165, 1.54) is 0 Å². The minimum absolute atomic E-state index is 0.0948. The fraction of sp³-hybridized carbons (Fsp3) is 0.292. The summed E-state index contributed by atoms with van der Waals surface area (Å²) in [6.45, 7) is 6.14. The molecule has 1 aliphatic heterocycles. The van der Waals surface area contributed by atoms with Gasteiger partial charge in [0.2, 0.25) is 11.9 Å². The highest BCUT2D eigenvalue weighted by atomic mass is 16.5. The number of methoxy groups -OCH3 is 1. The van der Waals surface area contributed by atoms with Gasteiger partial charge in [-0.15, -0.1) is 0 Å². The lowest BCUT2D eigenvalue weighted by molar-refractivity contribution is -0.119. The van der Waals surface area contributed by atoms with Crippen molar-refractivity contribution in [2.45, 2.75) is 32.9 Å². The highest BCUT2D eigenvalue weighted by Crippen LogP contribution is 2.39. The van der Waals surface area contributed by atoms with E-state index in [-0.39, 0.29) is 18.0 Å². The standard InChI is InChI=1S/C24H27N5O2/c1-15(2)29-16(3)23(30)28(4)21-11-8-18(14-22(21)29)26-24-25-13-12-20(27-24)17-6-9-19(31-5)10-7-17/h6-16H,1-5H3,(H,25,26,27). The average molecular weight is 418 g/mol. The molecule has 3 aromatic rings. The Balaban J connectivity index is 1.64. The van der Waals surface area contributed by atoms with Gasteiger partial charge in [-0.2, -0.15) is 0 Å². The molecule has 1 amide bonds. The summed E-state index contributed by atoms with van der Waals surface area (Å²) in [4.78, 5) is 25.5. The molecule has 1 aromatic heterocycles. The van der Waals surface area contributed by atoms with Crippen LogP contribution in [0.3, 0.4) is 0 Å². The van der Waals surface area contributed by atoms with Crippen molar-refractivity contribution in [2.24, 2.45) is 0 Å². The number of aromatic nitrogens is 2. The number of rotatable bonds is 5.